The van der Waals surface area contributed by atoms with Gasteiger partial charge in [0.1, 0.15) is 6.61 Å². The molecule has 2 N–H and O–H groups in total. The Morgan fingerprint density at radius 3 is 2.45 bits per heavy atom. The minimum absolute atomic E-state index is 0.129. The van der Waals surface area contributed by atoms with Gasteiger partial charge in [0.05, 0.1) is 17.1 Å². The van der Waals surface area contributed by atoms with E-state index in [0.29, 0.717) is 13.2 Å². The molecule has 0 radical (unpaired) electrons. The lowest BCUT2D eigenvalue weighted by atomic mass is 10.0. The van der Waals surface area contributed by atoms with Crippen LogP contribution in [-0.2, 0) is 0 Å². The van der Waals surface area contributed by atoms with Crippen LogP contribution in [0.4, 0.5) is 5.69 Å². The Labute approximate surface area is 118 Å². The summed E-state index contributed by atoms with van der Waals surface area (Å²) in [6, 6.07) is 4.84. The highest BCUT2D eigenvalue weighted by Crippen LogP contribution is 2.37. The molecule has 0 unspecified atom stereocenters. The predicted octanol–water partition coefficient (Wildman–Crippen LogP) is 2.64. The van der Waals surface area contributed by atoms with Crippen LogP contribution in [0, 0.1) is 10.1 Å². The predicted molar refractivity (Wildman–Crippen MR) is 75.1 cm³/mol. The topological polar surface area (TPSA) is 87.6 Å². The summed E-state index contributed by atoms with van der Waals surface area (Å²) in [6.45, 7) is 2.44. The molecule has 0 bridgehead atoms. The third-order valence-corrected chi connectivity index (χ3v) is 3.56. The fourth-order valence-corrected chi connectivity index (χ4v) is 2.52. The fraction of sp³-hybridized carbons (Fsp3) is 0.571. The smallest absolute Gasteiger partial charge is 0.352 e. The summed E-state index contributed by atoms with van der Waals surface area (Å²) in [5.74, 6) is 0.449. The molecule has 110 valence electrons. The van der Waals surface area contributed by atoms with Gasteiger partial charge in [0, 0.05) is 0 Å². The van der Waals surface area contributed by atoms with Crippen LogP contribution in [0.5, 0.6) is 11.5 Å². The van der Waals surface area contributed by atoms with Crippen LogP contribution in [0.3, 0.4) is 0 Å². The van der Waals surface area contributed by atoms with Gasteiger partial charge in [0.2, 0.25) is 11.5 Å². The van der Waals surface area contributed by atoms with E-state index < -0.39 is 4.92 Å². The molecule has 1 fully saturated rings. The van der Waals surface area contributed by atoms with Gasteiger partial charge in [-0.3, -0.25) is 10.1 Å². The summed E-state index contributed by atoms with van der Waals surface area (Å²) in [7, 11) is 0. The molecule has 1 saturated carbocycles. The first kappa shape index (κ1) is 14.6. The summed E-state index contributed by atoms with van der Waals surface area (Å²) >= 11 is 0. The third kappa shape index (κ3) is 3.19. The number of hydrogen-bond acceptors (Lipinski definition) is 5. The summed E-state index contributed by atoms with van der Waals surface area (Å²) in [5, 5.41) is 11.2. The van der Waals surface area contributed by atoms with Crippen LogP contribution >= 0.6 is 0 Å². The number of nitrogens with zero attached hydrogens (tertiary/aromatic N) is 1. The van der Waals surface area contributed by atoms with Gasteiger partial charge in [-0.1, -0.05) is 18.9 Å². The maximum Gasteiger partial charge on any atom is 0.352 e. The quantitative estimate of drug-likeness (QED) is 0.639. The number of nitro groups is 1. The van der Waals surface area contributed by atoms with Crippen LogP contribution < -0.4 is 15.2 Å². The minimum Gasteiger partial charge on any atom is -0.487 e. The van der Waals surface area contributed by atoms with Crippen molar-refractivity contribution in [1.82, 2.24) is 0 Å². The molecule has 0 amide bonds. The van der Waals surface area contributed by atoms with Crippen molar-refractivity contribution < 1.29 is 14.4 Å². The first-order valence-electron chi connectivity index (χ1n) is 6.87. The number of ether oxygens (including phenoxy) is 2. The molecule has 0 atom stereocenters. The highest BCUT2D eigenvalue weighted by Gasteiger charge is 2.31. The van der Waals surface area contributed by atoms with Crippen molar-refractivity contribution >= 4 is 5.69 Å². The molecule has 0 aliphatic heterocycles. The highest BCUT2D eigenvalue weighted by molar-refractivity contribution is 5.57. The minimum atomic E-state index is -0.474. The Balaban J connectivity index is 2.18. The molecule has 6 nitrogen and oxygen atoms in total. The van der Waals surface area contributed by atoms with Crippen LogP contribution in [0.2, 0.25) is 0 Å². The molecule has 1 aromatic carbocycles. The zero-order valence-corrected chi connectivity index (χ0v) is 11.6. The van der Waals surface area contributed by atoms with Crippen molar-refractivity contribution in [1.29, 1.82) is 0 Å². The normalized spacial score (nSPS) is 16.9. The molecule has 0 spiro atoms. The van der Waals surface area contributed by atoms with E-state index in [9.17, 15) is 10.1 Å². The molecule has 1 aromatic rings. The molecule has 1 aliphatic rings. The van der Waals surface area contributed by atoms with Crippen molar-refractivity contribution in [3.05, 3.63) is 28.3 Å². The third-order valence-electron chi connectivity index (χ3n) is 3.56. The van der Waals surface area contributed by atoms with E-state index >= 15 is 0 Å². The largest absolute Gasteiger partial charge is 0.487 e. The van der Waals surface area contributed by atoms with Crippen molar-refractivity contribution in [2.45, 2.75) is 38.1 Å². The molecule has 1 aliphatic carbocycles. The van der Waals surface area contributed by atoms with Gasteiger partial charge >= 0.3 is 5.69 Å². The Morgan fingerprint density at radius 2 is 1.90 bits per heavy atom. The number of nitro benzene ring substituents is 1. The molecular weight excluding hydrogens is 260 g/mol. The van der Waals surface area contributed by atoms with Crippen molar-refractivity contribution in [2.24, 2.45) is 5.73 Å². The summed E-state index contributed by atoms with van der Waals surface area (Å²) < 4.78 is 10.9. The standard InChI is InChI=1S/C14H20N2O4/c1-2-19-11-6-5-7-12(13(11)16(17)18)20-10-14(15)8-3-4-9-14/h5-7H,2-4,8-10,15H2,1H3. The molecule has 20 heavy (non-hydrogen) atoms. The SMILES string of the molecule is CCOc1cccc(OCC2(N)CCCC2)c1[N+](=O)[O-]. The van der Waals surface area contributed by atoms with Crippen molar-refractivity contribution in [2.75, 3.05) is 13.2 Å². The lowest BCUT2D eigenvalue weighted by Gasteiger charge is -2.23. The average molecular weight is 280 g/mol. The first-order valence-corrected chi connectivity index (χ1v) is 6.87. The van der Waals surface area contributed by atoms with E-state index in [1.165, 1.54) is 0 Å². The Kier molecular flexibility index (Phi) is 4.44. The monoisotopic (exact) mass is 280 g/mol. The highest BCUT2D eigenvalue weighted by atomic mass is 16.6. The van der Waals surface area contributed by atoms with Gasteiger partial charge < -0.3 is 15.2 Å². The van der Waals surface area contributed by atoms with Gasteiger partial charge in [-0.25, -0.2) is 0 Å². The molecule has 2 rings (SSSR count). The van der Waals surface area contributed by atoms with Gasteiger partial charge in [-0.2, -0.15) is 0 Å². The second-order valence-electron chi connectivity index (χ2n) is 5.15. The van der Waals surface area contributed by atoms with Crippen molar-refractivity contribution in [3.8, 4) is 11.5 Å². The number of benzene rings is 1. The molecule has 0 saturated heterocycles. The zero-order chi connectivity index (χ0) is 14.6. The van der Waals surface area contributed by atoms with E-state index in [-0.39, 0.29) is 22.7 Å². The summed E-state index contributed by atoms with van der Waals surface area (Å²) in [6.07, 6.45) is 3.96. The van der Waals surface area contributed by atoms with Gasteiger partial charge in [-0.15, -0.1) is 0 Å². The molecule has 6 heteroatoms. The fourth-order valence-electron chi connectivity index (χ4n) is 2.52. The molecular formula is C14H20N2O4. The summed E-state index contributed by atoms with van der Waals surface area (Å²) in [5.41, 5.74) is 5.71. The Morgan fingerprint density at radius 1 is 1.30 bits per heavy atom. The average Bonchev–Trinajstić information content (AvgIpc) is 2.84. The Bertz CT molecular complexity index is 484. The van der Waals surface area contributed by atoms with Crippen LogP contribution in [-0.4, -0.2) is 23.7 Å². The number of nitrogens with two attached hydrogens (primary N) is 1. The van der Waals surface area contributed by atoms with Crippen LogP contribution in [0.1, 0.15) is 32.6 Å². The lowest BCUT2D eigenvalue weighted by Crippen LogP contribution is -2.42. The maximum atomic E-state index is 11.2. The Hall–Kier alpha value is -1.82. The van der Waals surface area contributed by atoms with Crippen LogP contribution in [0.25, 0.3) is 0 Å². The van der Waals surface area contributed by atoms with Crippen molar-refractivity contribution in [3.63, 3.8) is 0 Å². The lowest BCUT2D eigenvalue weighted by molar-refractivity contribution is -0.386. The van der Waals surface area contributed by atoms with Gasteiger partial charge in [0.15, 0.2) is 0 Å². The number of hydrogen-bond donors (Lipinski definition) is 1. The molecule has 0 heterocycles. The van der Waals surface area contributed by atoms with Gasteiger partial charge in [0.25, 0.3) is 0 Å². The van der Waals surface area contributed by atoms with E-state index in [1.807, 2.05) is 0 Å². The maximum absolute atomic E-state index is 11.2. The summed E-state index contributed by atoms with van der Waals surface area (Å²) in [4.78, 5) is 10.7. The molecule has 0 aromatic heterocycles. The second-order valence-corrected chi connectivity index (χ2v) is 5.15. The van der Waals surface area contributed by atoms with Gasteiger partial charge in [-0.05, 0) is 31.9 Å². The number of para-hydroxylation sites is 1. The van der Waals surface area contributed by atoms with Crippen LogP contribution in [0.15, 0.2) is 18.2 Å². The van der Waals surface area contributed by atoms with E-state index in [0.717, 1.165) is 25.7 Å². The first-order chi connectivity index (χ1) is 9.56. The zero-order valence-electron chi connectivity index (χ0n) is 11.6. The van der Waals surface area contributed by atoms with E-state index in [4.69, 9.17) is 15.2 Å². The number of rotatable bonds is 6. The van der Waals surface area contributed by atoms with E-state index in [1.54, 1.807) is 25.1 Å². The second kappa shape index (κ2) is 6.09. The van der Waals surface area contributed by atoms with E-state index in [2.05, 4.69) is 0 Å².